The largest absolute Gasteiger partial charge is 0.493 e. The molecule has 1 amide bonds. The fourth-order valence-electron chi connectivity index (χ4n) is 2.79. The van der Waals surface area contributed by atoms with Crippen LogP contribution in [0.5, 0.6) is 11.5 Å². The van der Waals surface area contributed by atoms with Gasteiger partial charge in [0.1, 0.15) is 18.2 Å². The average molecular weight is 408 g/mol. The van der Waals surface area contributed by atoms with E-state index in [0.717, 1.165) is 5.56 Å². The zero-order valence-electron chi connectivity index (χ0n) is 17.2. The summed E-state index contributed by atoms with van der Waals surface area (Å²) in [6.45, 7) is 5.01. The molecule has 2 aromatic carbocycles. The summed E-state index contributed by atoms with van der Waals surface area (Å²) in [5.41, 5.74) is 1.71. The van der Waals surface area contributed by atoms with Crippen LogP contribution in [0, 0.1) is 11.3 Å². The van der Waals surface area contributed by atoms with Crippen molar-refractivity contribution in [2.24, 2.45) is 0 Å². The van der Waals surface area contributed by atoms with Crippen LogP contribution in [0.15, 0.2) is 48.0 Å². The van der Waals surface area contributed by atoms with Gasteiger partial charge < -0.3 is 19.5 Å². The Balaban J connectivity index is 2.18. The molecule has 0 aliphatic rings. The van der Waals surface area contributed by atoms with Crippen LogP contribution in [-0.2, 0) is 11.4 Å². The summed E-state index contributed by atoms with van der Waals surface area (Å²) < 4.78 is 11.2. The van der Waals surface area contributed by atoms with Gasteiger partial charge in [0, 0.05) is 13.1 Å². The third kappa shape index (κ3) is 5.61. The number of nitriles is 1. The number of hydrogen-bond donors (Lipinski definition) is 1. The zero-order valence-corrected chi connectivity index (χ0v) is 17.2. The number of amides is 1. The maximum atomic E-state index is 12.4. The van der Waals surface area contributed by atoms with Gasteiger partial charge in [-0.2, -0.15) is 5.26 Å². The molecule has 0 unspecified atom stereocenters. The molecule has 1 N–H and O–H groups in total. The Morgan fingerprint density at radius 2 is 1.77 bits per heavy atom. The normalized spacial score (nSPS) is 10.8. The standard InChI is InChI=1S/C23H24N2O5/c1-4-25(5-2)22(26)19(14-24)12-17-8-11-20(21(13-17)29-3)30-15-16-6-9-18(10-7-16)23(27)28/h6-13H,4-5,15H2,1-3H3,(H,27,28)/b19-12+. The van der Waals surface area contributed by atoms with Crippen molar-refractivity contribution in [3.8, 4) is 17.6 Å². The third-order valence-corrected chi connectivity index (χ3v) is 4.50. The fraction of sp³-hybridized carbons (Fsp3) is 0.261. The van der Waals surface area contributed by atoms with Gasteiger partial charge in [0.2, 0.25) is 0 Å². The molecule has 0 atom stereocenters. The molecular weight excluding hydrogens is 384 g/mol. The van der Waals surface area contributed by atoms with Crippen LogP contribution in [-0.4, -0.2) is 42.1 Å². The number of likely N-dealkylation sites (N-methyl/N-ethyl adjacent to an activating group) is 1. The number of nitrogens with zero attached hydrogens (tertiary/aromatic N) is 2. The Labute approximate surface area is 175 Å². The SMILES string of the molecule is CCN(CC)C(=O)/C(C#N)=C/c1ccc(OCc2ccc(C(=O)O)cc2)c(OC)c1. The van der Waals surface area contributed by atoms with Gasteiger partial charge in [-0.1, -0.05) is 18.2 Å². The van der Waals surface area contributed by atoms with E-state index in [9.17, 15) is 14.9 Å². The first-order chi connectivity index (χ1) is 14.4. The molecule has 0 fully saturated rings. The fourth-order valence-corrected chi connectivity index (χ4v) is 2.79. The van der Waals surface area contributed by atoms with Crippen molar-refractivity contribution in [2.75, 3.05) is 20.2 Å². The Morgan fingerprint density at radius 1 is 1.10 bits per heavy atom. The summed E-state index contributed by atoms with van der Waals surface area (Å²) in [4.78, 5) is 24.9. The number of hydrogen-bond acceptors (Lipinski definition) is 5. The lowest BCUT2D eigenvalue weighted by atomic mass is 10.1. The highest BCUT2D eigenvalue weighted by atomic mass is 16.5. The molecule has 156 valence electrons. The quantitative estimate of drug-likeness (QED) is 0.501. The summed E-state index contributed by atoms with van der Waals surface area (Å²) in [6.07, 6.45) is 1.53. The van der Waals surface area contributed by atoms with Gasteiger partial charge in [-0.05, 0) is 55.3 Å². The van der Waals surface area contributed by atoms with Crippen LogP contribution in [0.1, 0.15) is 35.3 Å². The summed E-state index contributed by atoms with van der Waals surface area (Å²) >= 11 is 0. The van der Waals surface area contributed by atoms with Crippen molar-refractivity contribution >= 4 is 18.0 Å². The average Bonchev–Trinajstić information content (AvgIpc) is 2.77. The molecule has 0 aliphatic heterocycles. The molecule has 0 heterocycles. The Kier molecular flexibility index (Phi) is 8.00. The van der Waals surface area contributed by atoms with Crippen LogP contribution in [0.2, 0.25) is 0 Å². The van der Waals surface area contributed by atoms with E-state index >= 15 is 0 Å². The predicted molar refractivity (Wildman–Crippen MR) is 112 cm³/mol. The molecule has 0 bridgehead atoms. The van der Waals surface area contributed by atoms with Crippen LogP contribution in [0.4, 0.5) is 0 Å². The second kappa shape index (κ2) is 10.7. The molecule has 0 radical (unpaired) electrons. The molecule has 30 heavy (non-hydrogen) atoms. The molecule has 0 aromatic heterocycles. The van der Waals surface area contributed by atoms with E-state index in [0.29, 0.717) is 30.2 Å². The highest BCUT2D eigenvalue weighted by Crippen LogP contribution is 2.30. The lowest BCUT2D eigenvalue weighted by Gasteiger charge is -2.17. The Morgan fingerprint density at radius 3 is 2.30 bits per heavy atom. The second-order valence-electron chi connectivity index (χ2n) is 6.35. The molecule has 0 saturated heterocycles. The number of aromatic carboxylic acids is 1. The van der Waals surface area contributed by atoms with E-state index < -0.39 is 5.97 Å². The first kappa shape index (κ1) is 22.5. The number of benzene rings is 2. The molecule has 0 aliphatic carbocycles. The smallest absolute Gasteiger partial charge is 0.335 e. The van der Waals surface area contributed by atoms with Crippen LogP contribution in [0.3, 0.4) is 0 Å². The van der Waals surface area contributed by atoms with Gasteiger partial charge in [0.15, 0.2) is 11.5 Å². The molecular formula is C23H24N2O5. The van der Waals surface area contributed by atoms with Gasteiger partial charge in [-0.3, -0.25) is 4.79 Å². The predicted octanol–water partition coefficient (Wildman–Crippen LogP) is 3.75. The molecule has 7 nitrogen and oxygen atoms in total. The van der Waals surface area contributed by atoms with Gasteiger partial charge in [0.05, 0.1) is 12.7 Å². The number of rotatable bonds is 9. The van der Waals surface area contributed by atoms with Crippen molar-refractivity contribution in [2.45, 2.75) is 20.5 Å². The first-order valence-corrected chi connectivity index (χ1v) is 9.47. The van der Waals surface area contributed by atoms with E-state index in [1.54, 1.807) is 35.2 Å². The van der Waals surface area contributed by atoms with E-state index in [4.69, 9.17) is 14.6 Å². The highest BCUT2D eigenvalue weighted by molar-refractivity contribution is 6.01. The summed E-state index contributed by atoms with van der Waals surface area (Å²) in [6, 6.07) is 13.5. The van der Waals surface area contributed by atoms with Crippen LogP contribution >= 0.6 is 0 Å². The van der Waals surface area contributed by atoms with Crippen molar-refractivity contribution in [1.82, 2.24) is 4.90 Å². The number of methoxy groups -OCH3 is 1. The first-order valence-electron chi connectivity index (χ1n) is 9.47. The number of carbonyl (C=O) groups is 2. The lowest BCUT2D eigenvalue weighted by molar-refractivity contribution is -0.126. The molecule has 2 rings (SSSR count). The highest BCUT2D eigenvalue weighted by Gasteiger charge is 2.16. The lowest BCUT2D eigenvalue weighted by Crippen LogP contribution is -2.31. The number of carbonyl (C=O) groups excluding carboxylic acids is 1. The molecule has 0 spiro atoms. The summed E-state index contributed by atoms with van der Waals surface area (Å²) in [7, 11) is 1.50. The minimum absolute atomic E-state index is 0.0490. The van der Waals surface area contributed by atoms with Crippen LogP contribution in [0.25, 0.3) is 6.08 Å². The molecule has 2 aromatic rings. The Hall–Kier alpha value is -3.79. The van der Waals surface area contributed by atoms with Crippen molar-refractivity contribution in [1.29, 1.82) is 5.26 Å². The zero-order chi connectivity index (χ0) is 22.1. The number of ether oxygens (including phenoxy) is 2. The van der Waals surface area contributed by atoms with Gasteiger partial charge in [-0.25, -0.2) is 4.79 Å². The van der Waals surface area contributed by atoms with E-state index in [-0.39, 0.29) is 23.7 Å². The van der Waals surface area contributed by atoms with Gasteiger partial charge in [0.25, 0.3) is 5.91 Å². The maximum absolute atomic E-state index is 12.4. The number of carboxylic acids is 1. The van der Waals surface area contributed by atoms with Crippen molar-refractivity contribution in [3.63, 3.8) is 0 Å². The van der Waals surface area contributed by atoms with E-state index in [1.165, 1.54) is 25.3 Å². The Bertz CT molecular complexity index is 970. The van der Waals surface area contributed by atoms with Crippen molar-refractivity contribution in [3.05, 3.63) is 64.7 Å². The number of carboxylic acid groups (broad SMARTS) is 1. The van der Waals surface area contributed by atoms with Gasteiger partial charge >= 0.3 is 5.97 Å². The summed E-state index contributed by atoms with van der Waals surface area (Å²) in [5, 5.41) is 18.3. The maximum Gasteiger partial charge on any atom is 0.335 e. The topological polar surface area (TPSA) is 99.9 Å². The van der Waals surface area contributed by atoms with Crippen molar-refractivity contribution < 1.29 is 24.2 Å². The molecule has 7 heteroatoms. The minimum atomic E-state index is -0.982. The van der Waals surface area contributed by atoms with Gasteiger partial charge in [-0.15, -0.1) is 0 Å². The summed E-state index contributed by atoms with van der Waals surface area (Å²) in [5.74, 6) is -0.348. The minimum Gasteiger partial charge on any atom is -0.493 e. The second-order valence-corrected chi connectivity index (χ2v) is 6.35. The monoisotopic (exact) mass is 408 g/mol. The van der Waals surface area contributed by atoms with E-state index in [2.05, 4.69) is 0 Å². The van der Waals surface area contributed by atoms with E-state index in [1.807, 2.05) is 19.9 Å². The molecule has 0 saturated carbocycles. The van der Waals surface area contributed by atoms with Crippen LogP contribution < -0.4 is 9.47 Å². The third-order valence-electron chi connectivity index (χ3n) is 4.50.